The van der Waals surface area contributed by atoms with Crippen LogP contribution in [-0.2, 0) is 17.8 Å². The Hall–Kier alpha value is -2.47. The van der Waals surface area contributed by atoms with E-state index in [0.29, 0.717) is 18.8 Å². The first-order chi connectivity index (χ1) is 12.2. The van der Waals surface area contributed by atoms with Crippen molar-refractivity contribution in [3.8, 4) is 5.88 Å². The van der Waals surface area contributed by atoms with Gasteiger partial charge in [0.25, 0.3) is 0 Å². The Bertz CT molecular complexity index is 797. The summed E-state index contributed by atoms with van der Waals surface area (Å²) in [5, 5.41) is 4.07. The molecule has 0 spiro atoms. The average Bonchev–Trinajstić information content (AvgIpc) is 3.07. The average molecular weight is 355 g/mol. The lowest BCUT2D eigenvalue weighted by molar-refractivity contribution is -0.121. The maximum atomic E-state index is 11.9. The smallest absolute Gasteiger partial charge is 0.220 e. The molecule has 5 nitrogen and oxygen atoms in total. The van der Waals surface area contributed by atoms with E-state index >= 15 is 0 Å². The number of pyridine rings is 1. The van der Waals surface area contributed by atoms with Crippen molar-refractivity contribution < 1.29 is 9.53 Å². The third-order valence-electron chi connectivity index (χ3n) is 3.88. The minimum absolute atomic E-state index is 0.0696. The van der Waals surface area contributed by atoms with Crippen LogP contribution in [0.4, 0.5) is 0 Å². The van der Waals surface area contributed by atoms with Crippen LogP contribution < -0.4 is 10.1 Å². The summed E-state index contributed by atoms with van der Waals surface area (Å²) >= 11 is 1.74. The first-order valence-electron chi connectivity index (χ1n) is 8.34. The molecule has 130 valence electrons. The number of benzene rings is 1. The monoisotopic (exact) mass is 355 g/mol. The van der Waals surface area contributed by atoms with Crippen LogP contribution in [0.25, 0.3) is 10.2 Å². The van der Waals surface area contributed by atoms with Gasteiger partial charge in [-0.1, -0.05) is 18.2 Å². The third-order valence-corrected chi connectivity index (χ3v) is 4.98. The van der Waals surface area contributed by atoms with Crippen molar-refractivity contribution in [1.29, 1.82) is 0 Å². The molecule has 0 atom stereocenters. The number of para-hydroxylation sites is 1. The Morgan fingerprint density at radius 1 is 1.20 bits per heavy atom. The fourth-order valence-corrected chi connectivity index (χ4v) is 3.52. The molecule has 0 saturated carbocycles. The molecule has 3 aromatic rings. The van der Waals surface area contributed by atoms with Gasteiger partial charge in [-0.3, -0.25) is 4.79 Å². The third kappa shape index (κ3) is 5.00. The van der Waals surface area contributed by atoms with Crippen molar-refractivity contribution in [2.45, 2.75) is 32.2 Å². The zero-order valence-electron chi connectivity index (χ0n) is 14.2. The van der Waals surface area contributed by atoms with E-state index in [2.05, 4.69) is 21.4 Å². The van der Waals surface area contributed by atoms with Crippen molar-refractivity contribution in [2.24, 2.45) is 0 Å². The number of ether oxygens (including phenoxy) is 1. The minimum atomic E-state index is 0.0696. The number of hydrogen-bond acceptors (Lipinski definition) is 5. The van der Waals surface area contributed by atoms with E-state index in [4.69, 9.17) is 4.74 Å². The first kappa shape index (κ1) is 17.4. The number of aryl methyl sites for hydroxylation is 1. The van der Waals surface area contributed by atoms with E-state index < -0.39 is 0 Å². The largest absolute Gasteiger partial charge is 0.481 e. The molecule has 3 rings (SSSR count). The fourth-order valence-electron chi connectivity index (χ4n) is 2.51. The number of nitrogens with one attached hydrogen (secondary N) is 1. The van der Waals surface area contributed by atoms with Gasteiger partial charge in [-0.2, -0.15) is 0 Å². The quantitative estimate of drug-likeness (QED) is 0.625. The molecule has 0 saturated heterocycles. The Balaban J connectivity index is 1.36. The Morgan fingerprint density at radius 2 is 2.08 bits per heavy atom. The van der Waals surface area contributed by atoms with E-state index in [1.165, 1.54) is 4.70 Å². The number of thiazole rings is 1. The summed E-state index contributed by atoms with van der Waals surface area (Å²) in [6.07, 6.45) is 5.01. The summed E-state index contributed by atoms with van der Waals surface area (Å²) in [7, 11) is 1.58. The zero-order valence-corrected chi connectivity index (χ0v) is 15.0. The second kappa shape index (κ2) is 8.58. The van der Waals surface area contributed by atoms with Gasteiger partial charge in [-0.05, 0) is 37.0 Å². The minimum Gasteiger partial charge on any atom is -0.481 e. The summed E-state index contributed by atoms with van der Waals surface area (Å²) in [5.74, 6) is 0.644. The SMILES string of the molecule is COc1ccc(CNC(=O)CCCCc2nc3ccccc3s2)cn1. The van der Waals surface area contributed by atoms with Crippen LogP contribution in [-0.4, -0.2) is 23.0 Å². The molecule has 6 heteroatoms. The van der Waals surface area contributed by atoms with Crippen LogP contribution in [0.5, 0.6) is 5.88 Å². The second-order valence-electron chi connectivity index (χ2n) is 5.77. The lowest BCUT2D eigenvalue weighted by Crippen LogP contribution is -2.22. The summed E-state index contributed by atoms with van der Waals surface area (Å²) in [6, 6.07) is 11.9. The fraction of sp³-hybridized carbons (Fsp3) is 0.316. The van der Waals surface area contributed by atoms with E-state index in [0.717, 1.165) is 35.4 Å². The predicted octanol–water partition coefficient (Wildman–Crippen LogP) is 3.73. The van der Waals surface area contributed by atoms with Crippen molar-refractivity contribution in [3.63, 3.8) is 0 Å². The van der Waals surface area contributed by atoms with Crippen LogP contribution in [0, 0.1) is 0 Å². The van der Waals surface area contributed by atoms with Crippen molar-refractivity contribution in [3.05, 3.63) is 53.2 Å². The molecule has 25 heavy (non-hydrogen) atoms. The number of hydrogen-bond donors (Lipinski definition) is 1. The molecule has 1 amide bonds. The number of carbonyl (C=O) groups excluding carboxylic acids is 1. The van der Waals surface area contributed by atoms with Gasteiger partial charge in [0.05, 0.1) is 22.3 Å². The van der Waals surface area contributed by atoms with Gasteiger partial charge in [0, 0.05) is 25.2 Å². The molecule has 1 N–H and O–H groups in total. The van der Waals surface area contributed by atoms with E-state index in [-0.39, 0.29) is 5.91 Å². The lowest BCUT2D eigenvalue weighted by atomic mass is 10.2. The summed E-state index contributed by atoms with van der Waals surface area (Å²) in [6.45, 7) is 0.494. The highest BCUT2D eigenvalue weighted by molar-refractivity contribution is 7.18. The highest BCUT2D eigenvalue weighted by atomic mass is 32.1. The van der Waals surface area contributed by atoms with Crippen molar-refractivity contribution in [1.82, 2.24) is 15.3 Å². The molecule has 0 unspecified atom stereocenters. The molecule has 0 radical (unpaired) electrons. The lowest BCUT2D eigenvalue weighted by Gasteiger charge is -2.05. The van der Waals surface area contributed by atoms with Crippen LogP contribution >= 0.6 is 11.3 Å². The highest BCUT2D eigenvalue weighted by Crippen LogP contribution is 2.22. The molecule has 0 aliphatic rings. The number of aromatic nitrogens is 2. The van der Waals surface area contributed by atoms with E-state index in [1.54, 1.807) is 30.7 Å². The Labute approximate surface area is 151 Å². The number of fused-ring (bicyclic) bond motifs is 1. The Kier molecular flexibility index (Phi) is 5.95. The van der Waals surface area contributed by atoms with Crippen LogP contribution in [0.2, 0.25) is 0 Å². The van der Waals surface area contributed by atoms with Gasteiger partial charge in [-0.25, -0.2) is 9.97 Å². The number of methoxy groups -OCH3 is 1. The van der Waals surface area contributed by atoms with Crippen LogP contribution in [0.3, 0.4) is 0 Å². The van der Waals surface area contributed by atoms with E-state index in [9.17, 15) is 4.79 Å². The predicted molar refractivity (Wildman–Crippen MR) is 99.8 cm³/mol. The standard InChI is InChI=1S/C19H21N3O2S/c1-24-18-11-10-14(13-21-18)12-20-17(23)8-4-5-9-19-22-15-6-2-3-7-16(15)25-19/h2-3,6-7,10-11,13H,4-5,8-9,12H2,1H3,(H,20,23). The van der Waals surface area contributed by atoms with Crippen LogP contribution in [0.15, 0.2) is 42.6 Å². The molecular formula is C19H21N3O2S. The molecular weight excluding hydrogens is 334 g/mol. The number of carbonyl (C=O) groups is 1. The second-order valence-corrected chi connectivity index (χ2v) is 6.88. The molecule has 0 aliphatic carbocycles. The Morgan fingerprint density at radius 3 is 2.84 bits per heavy atom. The molecule has 0 fully saturated rings. The normalized spacial score (nSPS) is 10.8. The maximum absolute atomic E-state index is 11.9. The molecule has 0 bridgehead atoms. The van der Waals surface area contributed by atoms with Gasteiger partial charge in [-0.15, -0.1) is 11.3 Å². The number of rotatable bonds is 8. The topological polar surface area (TPSA) is 64.1 Å². The highest BCUT2D eigenvalue weighted by Gasteiger charge is 2.05. The summed E-state index contributed by atoms with van der Waals surface area (Å²) in [5.41, 5.74) is 2.02. The number of amides is 1. The zero-order chi connectivity index (χ0) is 17.5. The molecule has 0 aliphatic heterocycles. The first-order valence-corrected chi connectivity index (χ1v) is 9.16. The van der Waals surface area contributed by atoms with Crippen LogP contribution in [0.1, 0.15) is 29.8 Å². The van der Waals surface area contributed by atoms with Gasteiger partial charge >= 0.3 is 0 Å². The van der Waals surface area contributed by atoms with Gasteiger partial charge in [0.2, 0.25) is 11.8 Å². The summed E-state index contributed by atoms with van der Waals surface area (Å²) < 4.78 is 6.24. The number of unbranched alkanes of at least 4 members (excludes halogenated alkanes) is 1. The van der Waals surface area contributed by atoms with Gasteiger partial charge in [0.1, 0.15) is 0 Å². The van der Waals surface area contributed by atoms with Gasteiger partial charge < -0.3 is 10.1 Å². The molecule has 1 aromatic carbocycles. The van der Waals surface area contributed by atoms with E-state index in [1.807, 2.05) is 24.3 Å². The van der Waals surface area contributed by atoms with Crippen molar-refractivity contribution in [2.75, 3.05) is 7.11 Å². The number of nitrogens with zero attached hydrogens (tertiary/aromatic N) is 2. The van der Waals surface area contributed by atoms with Gasteiger partial charge in [0.15, 0.2) is 0 Å². The maximum Gasteiger partial charge on any atom is 0.220 e. The summed E-state index contributed by atoms with van der Waals surface area (Å²) in [4.78, 5) is 20.7. The van der Waals surface area contributed by atoms with Crippen molar-refractivity contribution >= 4 is 27.5 Å². The molecule has 2 heterocycles. The molecule has 2 aromatic heterocycles.